The first-order valence-corrected chi connectivity index (χ1v) is 7.78. The van der Waals surface area contributed by atoms with Crippen LogP contribution in [0.4, 0.5) is 0 Å². The summed E-state index contributed by atoms with van der Waals surface area (Å²) in [5.74, 6) is 0.544. The lowest BCUT2D eigenvalue weighted by atomic mass is 9.97. The first-order valence-electron chi connectivity index (χ1n) is 7.78. The van der Waals surface area contributed by atoms with E-state index in [2.05, 4.69) is 22.6 Å². The SMILES string of the molecule is Cn1cc([C@H]2OCCC[C@@H]2NC(=O)C[C@H]2C=CCC2)cn1. The van der Waals surface area contributed by atoms with Gasteiger partial charge in [-0.3, -0.25) is 9.48 Å². The summed E-state index contributed by atoms with van der Waals surface area (Å²) in [7, 11) is 1.90. The summed E-state index contributed by atoms with van der Waals surface area (Å²) in [5, 5.41) is 7.37. The Bertz CT molecular complexity index is 523. The molecule has 1 aromatic rings. The molecule has 3 atom stereocenters. The molecule has 0 bridgehead atoms. The molecule has 1 amide bonds. The zero-order valence-electron chi connectivity index (χ0n) is 12.5. The number of rotatable bonds is 4. The third-order valence-corrected chi connectivity index (χ3v) is 4.28. The van der Waals surface area contributed by atoms with Crippen LogP contribution in [0.1, 0.15) is 43.8 Å². The number of carbonyl (C=O) groups excluding carboxylic acids is 1. The van der Waals surface area contributed by atoms with Crippen LogP contribution in [0.15, 0.2) is 24.5 Å². The van der Waals surface area contributed by atoms with Gasteiger partial charge in [0, 0.05) is 31.8 Å². The van der Waals surface area contributed by atoms with Crippen molar-refractivity contribution in [2.45, 2.75) is 44.2 Å². The molecule has 0 saturated carbocycles. The molecule has 21 heavy (non-hydrogen) atoms. The second-order valence-corrected chi connectivity index (χ2v) is 6.02. The number of nitrogens with zero attached hydrogens (tertiary/aromatic N) is 2. The van der Waals surface area contributed by atoms with E-state index < -0.39 is 0 Å². The fourth-order valence-corrected chi connectivity index (χ4v) is 3.21. The summed E-state index contributed by atoms with van der Waals surface area (Å²) in [6, 6.07) is 0.0563. The number of allylic oxidation sites excluding steroid dienone is 2. The van der Waals surface area contributed by atoms with Gasteiger partial charge in [0.1, 0.15) is 6.10 Å². The molecular formula is C16H23N3O2. The van der Waals surface area contributed by atoms with Crippen molar-refractivity contribution in [3.05, 3.63) is 30.1 Å². The lowest BCUT2D eigenvalue weighted by Gasteiger charge is -2.32. The molecule has 1 saturated heterocycles. The van der Waals surface area contributed by atoms with Crippen LogP contribution in [0.2, 0.25) is 0 Å². The molecule has 5 heteroatoms. The van der Waals surface area contributed by atoms with Gasteiger partial charge < -0.3 is 10.1 Å². The fourth-order valence-electron chi connectivity index (χ4n) is 3.21. The van der Waals surface area contributed by atoms with Gasteiger partial charge in [-0.15, -0.1) is 0 Å². The van der Waals surface area contributed by atoms with Crippen LogP contribution in [-0.2, 0) is 16.6 Å². The normalized spacial score (nSPS) is 28.7. The summed E-state index contributed by atoms with van der Waals surface area (Å²) in [6.45, 7) is 0.747. The molecule has 0 unspecified atom stereocenters. The molecule has 0 radical (unpaired) electrons. The summed E-state index contributed by atoms with van der Waals surface area (Å²) < 4.78 is 7.65. The summed E-state index contributed by atoms with van der Waals surface area (Å²) in [4.78, 5) is 12.2. The molecular weight excluding hydrogens is 266 g/mol. The third kappa shape index (κ3) is 3.53. The Balaban J connectivity index is 1.61. The zero-order valence-corrected chi connectivity index (χ0v) is 12.5. The van der Waals surface area contributed by atoms with Gasteiger partial charge in [-0.25, -0.2) is 0 Å². The van der Waals surface area contributed by atoms with E-state index in [9.17, 15) is 4.79 Å². The maximum atomic E-state index is 12.2. The quantitative estimate of drug-likeness (QED) is 0.864. The van der Waals surface area contributed by atoms with Crippen molar-refractivity contribution in [2.75, 3.05) is 6.61 Å². The van der Waals surface area contributed by atoms with E-state index in [-0.39, 0.29) is 18.1 Å². The number of carbonyl (C=O) groups is 1. The maximum absolute atomic E-state index is 12.2. The Labute approximate surface area is 125 Å². The second kappa shape index (κ2) is 6.43. The minimum atomic E-state index is -0.0736. The Morgan fingerprint density at radius 3 is 3.14 bits per heavy atom. The Kier molecular flexibility index (Phi) is 4.39. The summed E-state index contributed by atoms with van der Waals surface area (Å²) >= 11 is 0. The fraction of sp³-hybridized carbons (Fsp3) is 0.625. The number of nitrogens with one attached hydrogen (secondary N) is 1. The third-order valence-electron chi connectivity index (χ3n) is 4.28. The van der Waals surface area contributed by atoms with Gasteiger partial charge >= 0.3 is 0 Å². The van der Waals surface area contributed by atoms with E-state index in [1.807, 2.05) is 19.4 Å². The minimum absolute atomic E-state index is 0.0563. The highest BCUT2D eigenvalue weighted by Crippen LogP contribution is 2.28. The van der Waals surface area contributed by atoms with E-state index in [0.717, 1.165) is 37.9 Å². The zero-order chi connectivity index (χ0) is 14.7. The van der Waals surface area contributed by atoms with E-state index >= 15 is 0 Å². The highest BCUT2D eigenvalue weighted by atomic mass is 16.5. The van der Waals surface area contributed by atoms with Crippen molar-refractivity contribution in [1.82, 2.24) is 15.1 Å². The summed E-state index contributed by atoms with van der Waals surface area (Å²) in [5.41, 5.74) is 1.04. The van der Waals surface area contributed by atoms with E-state index in [0.29, 0.717) is 12.3 Å². The van der Waals surface area contributed by atoms with Gasteiger partial charge in [0.25, 0.3) is 0 Å². The van der Waals surface area contributed by atoms with Gasteiger partial charge in [0.15, 0.2) is 0 Å². The van der Waals surface area contributed by atoms with Crippen LogP contribution in [-0.4, -0.2) is 28.3 Å². The Hall–Kier alpha value is -1.62. The highest BCUT2D eigenvalue weighted by molar-refractivity contribution is 5.76. The Morgan fingerprint density at radius 1 is 1.52 bits per heavy atom. The number of amides is 1. The van der Waals surface area contributed by atoms with Crippen molar-refractivity contribution in [3.8, 4) is 0 Å². The van der Waals surface area contributed by atoms with Gasteiger partial charge in [0.05, 0.1) is 12.2 Å². The molecule has 1 aliphatic heterocycles. The van der Waals surface area contributed by atoms with Crippen molar-refractivity contribution in [1.29, 1.82) is 0 Å². The van der Waals surface area contributed by atoms with Crippen LogP contribution >= 0.6 is 0 Å². The first kappa shape index (κ1) is 14.3. The molecule has 0 aromatic carbocycles. The number of hydrogen-bond donors (Lipinski definition) is 1. The summed E-state index contributed by atoms with van der Waals surface area (Å²) in [6.07, 6.45) is 12.8. The molecule has 1 aliphatic carbocycles. The molecule has 2 heterocycles. The molecule has 5 nitrogen and oxygen atoms in total. The number of ether oxygens (including phenoxy) is 1. The Morgan fingerprint density at radius 2 is 2.43 bits per heavy atom. The van der Waals surface area contributed by atoms with Crippen LogP contribution in [0, 0.1) is 5.92 Å². The monoisotopic (exact) mass is 289 g/mol. The van der Waals surface area contributed by atoms with Crippen molar-refractivity contribution in [2.24, 2.45) is 13.0 Å². The number of hydrogen-bond acceptors (Lipinski definition) is 3. The average Bonchev–Trinajstić information content (AvgIpc) is 3.11. The van der Waals surface area contributed by atoms with Crippen molar-refractivity contribution < 1.29 is 9.53 Å². The topological polar surface area (TPSA) is 56.1 Å². The van der Waals surface area contributed by atoms with E-state index in [4.69, 9.17) is 4.74 Å². The predicted octanol–water partition coefficient (Wildman–Crippen LogP) is 2.11. The maximum Gasteiger partial charge on any atom is 0.220 e. The molecule has 0 spiro atoms. The lowest BCUT2D eigenvalue weighted by Crippen LogP contribution is -2.43. The van der Waals surface area contributed by atoms with E-state index in [1.165, 1.54) is 0 Å². The number of aryl methyl sites for hydroxylation is 1. The average molecular weight is 289 g/mol. The van der Waals surface area contributed by atoms with Crippen molar-refractivity contribution in [3.63, 3.8) is 0 Å². The highest BCUT2D eigenvalue weighted by Gasteiger charge is 2.30. The second-order valence-electron chi connectivity index (χ2n) is 6.02. The first-order chi connectivity index (χ1) is 10.2. The molecule has 1 N–H and O–H groups in total. The van der Waals surface area contributed by atoms with Gasteiger partial charge in [-0.1, -0.05) is 12.2 Å². The minimum Gasteiger partial charge on any atom is -0.371 e. The van der Waals surface area contributed by atoms with Gasteiger partial charge in [-0.05, 0) is 31.6 Å². The molecule has 1 aromatic heterocycles. The molecule has 114 valence electrons. The van der Waals surface area contributed by atoms with Gasteiger partial charge in [0.2, 0.25) is 5.91 Å². The van der Waals surface area contributed by atoms with E-state index in [1.54, 1.807) is 4.68 Å². The van der Waals surface area contributed by atoms with Crippen LogP contribution in [0.25, 0.3) is 0 Å². The predicted molar refractivity (Wildman–Crippen MR) is 79.5 cm³/mol. The largest absolute Gasteiger partial charge is 0.371 e. The smallest absolute Gasteiger partial charge is 0.220 e. The lowest BCUT2D eigenvalue weighted by molar-refractivity contribution is -0.124. The van der Waals surface area contributed by atoms with Crippen LogP contribution in [0.5, 0.6) is 0 Å². The van der Waals surface area contributed by atoms with Crippen LogP contribution < -0.4 is 5.32 Å². The van der Waals surface area contributed by atoms with Gasteiger partial charge in [-0.2, -0.15) is 5.10 Å². The molecule has 1 fully saturated rings. The standard InChI is InChI=1S/C16H23N3O2/c1-19-11-13(10-17-19)16-14(7-4-8-21-16)18-15(20)9-12-5-2-3-6-12/h2,5,10-12,14,16H,3-4,6-9H2,1H3,(H,18,20)/t12-,14-,16+/m0/s1. The number of aromatic nitrogens is 2. The van der Waals surface area contributed by atoms with Crippen molar-refractivity contribution >= 4 is 5.91 Å². The molecule has 3 rings (SSSR count). The van der Waals surface area contributed by atoms with Crippen LogP contribution in [0.3, 0.4) is 0 Å². The molecule has 2 aliphatic rings.